The number of carbonyl (C=O) groups excluding carboxylic acids is 1. The van der Waals surface area contributed by atoms with Crippen LogP contribution in [-0.4, -0.2) is 61.6 Å². The van der Waals surface area contributed by atoms with Crippen LogP contribution in [0.3, 0.4) is 0 Å². The van der Waals surface area contributed by atoms with Gasteiger partial charge in [0.25, 0.3) is 0 Å². The van der Waals surface area contributed by atoms with Crippen molar-refractivity contribution in [2.24, 2.45) is 12.5 Å². The first-order chi connectivity index (χ1) is 13.5. The Morgan fingerprint density at radius 2 is 1.93 bits per heavy atom. The molecule has 0 unspecified atom stereocenters. The summed E-state index contributed by atoms with van der Waals surface area (Å²) >= 11 is 0. The highest BCUT2D eigenvalue weighted by molar-refractivity contribution is 5.77. The lowest BCUT2D eigenvalue weighted by Crippen LogP contribution is -2.51. The van der Waals surface area contributed by atoms with Gasteiger partial charge >= 0.3 is 0 Å². The molecule has 2 saturated heterocycles. The van der Waals surface area contributed by atoms with Crippen molar-refractivity contribution in [3.8, 4) is 0 Å². The van der Waals surface area contributed by atoms with Crippen molar-refractivity contribution < 1.29 is 4.79 Å². The molecule has 2 aliphatic rings. The zero-order chi connectivity index (χ0) is 19.6. The van der Waals surface area contributed by atoms with Gasteiger partial charge in [0, 0.05) is 39.0 Å². The van der Waals surface area contributed by atoms with E-state index in [1.54, 1.807) is 12.4 Å². The van der Waals surface area contributed by atoms with Crippen molar-refractivity contribution in [2.45, 2.75) is 45.6 Å². The lowest BCUT2D eigenvalue weighted by Gasteiger charge is -2.47. The molecule has 0 radical (unpaired) electrons. The van der Waals surface area contributed by atoms with E-state index >= 15 is 0 Å². The second-order valence-electron chi connectivity index (χ2n) is 8.51. The Balaban J connectivity index is 1.31. The van der Waals surface area contributed by atoms with Gasteiger partial charge in [-0.3, -0.25) is 19.4 Å². The molecular formula is C21H30N6O. The van der Waals surface area contributed by atoms with Crippen molar-refractivity contribution in [1.29, 1.82) is 0 Å². The Morgan fingerprint density at radius 3 is 2.61 bits per heavy atom. The molecule has 2 aromatic heterocycles. The summed E-state index contributed by atoms with van der Waals surface area (Å²) in [5.74, 6) is 0.256. The van der Waals surface area contributed by atoms with Crippen LogP contribution in [0.4, 0.5) is 0 Å². The van der Waals surface area contributed by atoms with Crippen molar-refractivity contribution >= 4 is 5.91 Å². The van der Waals surface area contributed by atoms with Gasteiger partial charge in [-0.25, -0.2) is 0 Å². The quantitative estimate of drug-likeness (QED) is 0.791. The first-order valence-electron chi connectivity index (χ1n) is 10.3. The van der Waals surface area contributed by atoms with Gasteiger partial charge in [0.2, 0.25) is 5.91 Å². The fourth-order valence-corrected chi connectivity index (χ4v) is 4.49. The zero-order valence-corrected chi connectivity index (χ0v) is 17.0. The Bertz CT molecular complexity index is 807. The average Bonchev–Trinajstić information content (AvgIpc) is 3.12. The Labute approximate surface area is 166 Å². The van der Waals surface area contributed by atoms with E-state index in [1.807, 2.05) is 29.7 Å². The Hall–Kier alpha value is -2.28. The summed E-state index contributed by atoms with van der Waals surface area (Å²) in [6.45, 7) is 6.69. The van der Waals surface area contributed by atoms with E-state index in [4.69, 9.17) is 0 Å². The number of piperidine rings is 2. The summed E-state index contributed by atoms with van der Waals surface area (Å²) in [7, 11) is 1.96. The molecule has 150 valence electrons. The van der Waals surface area contributed by atoms with Crippen LogP contribution >= 0.6 is 0 Å². The number of hydrogen-bond acceptors (Lipinski definition) is 5. The first kappa shape index (κ1) is 19.1. The van der Waals surface area contributed by atoms with Gasteiger partial charge in [-0.1, -0.05) is 0 Å². The summed E-state index contributed by atoms with van der Waals surface area (Å²) < 4.78 is 1.87. The van der Waals surface area contributed by atoms with Crippen LogP contribution in [-0.2, 0) is 24.8 Å². The third-order valence-corrected chi connectivity index (χ3v) is 6.33. The minimum atomic E-state index is 0.256. The Kier molecular flexibility index (Phi) is 5.44. The minimum absolute atomic E-state index is 0.256. The lowest BCUT2D eigenvalue weighted by molar-refractivity contribution is -0.140. The highest BCUT2D eigenvalue weighted by Gasteiger charge is 2.40. The fourth-order valence-electron chi connectivity index (χ4n) is 4.49. The fraction of sp³-hybridized carbons (Fsp3) is 0.619. The van der Waals surface area contributed by atoms with Gasteiger partial charge in [0.15, 0.2) is 0 Å². The summed E-state index contributed by atoms with van der Waals surface area (Å²) in [6, 6.07) is 0. The topological polar surface area (TPSA) is 67.2 Å². The molecule has 4 rings (SSSR count). The van der Waals surface area contributed by atoms with E-state index in [2.05, 4.69) is 26.2 Å². The van der Waals surface area contributed by atoms with E-state index in [0.717, 1.165) is 50.4 Å². The van der Waals surface area contributed by atoms with E-state index in [0.29, 0.717) is 13.0 Å². The predicted molar refractivity (Wildman–Crippen MR) is 106 cm³/mol. The smallest absolute Gasteiger partial charge is 0.222 e. The minimum Gasteiger partial charge on any atom is -0.336 e. The number of amides is 1. The number of rotatable bonds is 5. The summed E-state index contributed by atoms with van der Waals surface area (Å²) in [4.78, 5) is 25.8. The molecule has 0 aliphatic carbocycles. The molecule has 0 bridgehead atoms. The molecule has 4 heterocycles. The maximum absolute atomic E-state index is 12.5. The second kappa shape index (κ2) is 7.99. The molecule has 0 N–H and O–H groups in total. The van der Waals surface area contributed by atoms with Crippen molar-refractivity contribution in [3.63, 3.8) is 0 Å². The summed E-state index contributed by atoms with van der Waals surface area (Å²) in [5.41, 5.74) is 3.36. The van der Waals surface area contributed by atoms with Gasteiger partial charge in [0.1, 0.15) is 0 Å². The van der Waals surface area contributed by atoms with Gasteiger partial charge < -0.3 is 9.80 Å². The number of aryl methyl sites for hydroxylation is 2. The average molecular weight is 383 g/mol. The number of nitrogens with zero attached hydrogens (tertiary/aromatic N) is 6. The molecular weight excluding hydrogens is 352 g/mol. The molecule has 0 atom stereocenters. The molecule has 2 fully saturated rings. The highest BCUT2D eigenvalue weighted by atomic mass is 16.2. The van der Waals surface area contributed by atoms with Crippen LogP contribution in [0.1, 0.15) is 42.6 Å². The number of hydrogen-bond donors (Lipinski definition) is 0. The highest BCUT2D eigenvalue weighted by Crippen LogP contribution is 2.40. The van der Waals surface area contributed by atoms with E-state index in [-0.39, 0.29) is 11.3 Å². The van der Waals surface area contributed by atoms with Gasteiger partial charge in [-0.15, -0.1) is 0 Å². The first-order valence-corrected chi connectivity index (χ1v) is 10.3. The molecule has 0 aromatic carbocycles. The number of likely N-dealkylation sites (tertiary alicyclic amines) is 2. The molecule has 2 aliphatic heterocycles. The maximum Gasteiger partial charge on any atom is 0.222 e. The van der Waals surface area contributed by atoms with E-state index < -0.39 is 0 Å². The van der Waals surface area contributed by atoms with E-state index in [9.17, 15) is 4.79 Å². The third kappa shape index (κ3) is 4.41. The molecule has 28 heavy (non-hydrogen) atoms. The number of carbonyl (C=O) groups is 1. The van der Waals surface area contributed by atoms with Crippen LogP contribution in [0.15, 0.2) is 24.8 Å². The normalized spacial score (nSPS) is 20.1. The van der Waals surface area contributed by atoms with Gasteiger partial charge in [-0.2, -0.15) is 5.10 Å². The molecule has 2 aromatic rings. The SMILES string of the molecule is Cc1cnc(CN2CC3(CCC2=O)CCN(CCc2cnn(C)c2)CC3)cn1. The standard InChI is InChI=1S/C21H30N6O/c1-17-11-23-19(13-22-17)15-27-16-21(5-3-20(27)28)6-9-26(10-7-21)8-4-18-12-24-25(2)14-18/h11-14H,3-10,15-16H2,1-2H3. The van der Waals surface area contributed by atoms with Crippen molar-refractivity contribution in [1.82, 2.24) is 29.5 Å². The van der Waals surface area contributed by atoms with Crippen LogP contribution < -0.4 is 0 Å². The second-order valence-corrected chi connectivity index (χ2v) is 8.51. The molecule has 1 spiro atoms. The zero-order valence-electron chi connectivity index (χ0n) is 17.0. The van der Waals surface area contributed by atoms with E-state index in [1.165, 1.54) is 18.4 Å². The monoisotopic (exact) mass is 382 g/mol. The number of aromatic nitrogens is 4. The largest absolute Gasteiger partial charge is 0.336 e. The Morgan fingerprint density at radius 1 is 1.11 bits per heavy atom. The van der Waals surface area contributed by atoms with Crippen molar-refractivity contribution in [2.75, 3.05) is 26.2 Å². The van der Waals surface area contributed by atoms with Crippen LogP contribution in [0, 0.1) is 12.3 Å². The maximum atomic E-state index is 12.5. The third-order valence-electron chi connectivity index (χ3n) is 6.33. The predicted octanol–water partition coefficient (Wildman–Crippen LogP) is 1.97. The summed E-state index contributed by atoms with van der Waals surface area (Å²) in [6.07, 6.45) is 12.7. The van der Waals surface area contributed by atoms with Crippen LogP contribution in [0.5, 0.6) is 0 Å². The summed E-state index contributed by atoms with van der Waals surface area (Å²) in [5, 5.41) is 4.25. The van der Waals surface area contributed by atoms with Gasteiger partial charge in [0.05, 0.1) is 30.3 Å². The molecule has 7 nitrogen and oxygen atoms in total. The van der Waals surface area contributed by atoms with Crippen LogP contribution in [0.25, 0.3) is 0 Å². The van der Waals surface area contributed by atoms with Gasteiger partial charge in [-0.05, 0) is 56.7 Å². The van der Waals surface area contributed by atoms with Crippen LogP contribution in [0.2, 0.25) is 0 Å². The molecule has 7 heteroatoms. The lowest BCUT2D eigenvalue weighted by atomic mass is 9.72. The molecule has 0 saturated carbocycles. The molecule has 1 amide bonds. The van der Waals surface area contributed by atoms with Crippen molar-refractivity contribution in [3.05, 3.63) is 41.7 Å².